The van der Waals surface area contributed by atoms with Gasteiger partial charge < -0.3 is 0 Å². The lowest BCUT2D eigenvalue weighted by molar-refractivity contribution is 1.11. The zero-order chi connectivity index (χ0) is 11.3. The number of amidine groups is 1. The highest BCUT2D eigenvalue weighted by atomic mass is 32.2. The third-order valence-corrected chi connectivity index (χ3v) is 2.36. The Balaban J connectivity index is 3.01. The lowest BCUT2D eigenvalue weighted by atomic mass is 10.3. The van der Waals surface area contributed by atoms with Crippen LogP contribution in [0.2, 0.25) is 0 Å². The molecule has 1 N–H and O–H groups in total. The lowest BCUT2D eigenvalue weighted by Gasteiger charge is -2.03. The Morgan fingerprint density at radius 2 is 2.27 bits per heavy atom. The first-order chi connectivity index (χ1) is 7.17. The van der Waals surface area contributed by atoms with E-state index in [1.807, 2.05) is 38.4 Å². The van der Waals surface area contributed by atoms with E-state index in [1.165, 1.54) is 11.8 Å². The van der Waals surface area contributed by atoms with Crippen LogP contribution in [-0.4, -0.2) is 16.4 Å². The number of rotatable bonds is 1. The maximum Gasteiger partial charge on any atom is 0.183 e. The summed E-state index contributed by atoms with van der Waals surface area (Å²) in [6.07, 6.45) is 3.71. The maximum atomic E-state index is 8.49. The van der Waals surface area contributed by atoms with Crippen LogP contribution in [-0.2, 0) is 0 Å². The first-order valence-electron chi connectivity index (χ1n) is 4.39. The molecule has 0 saturated carbocycles. The monoisotopic (exact) mass is 220 g/mol. The number of nitrogens with zero attached hydrogens (tertiary/aromatic N) is 3. The molecule has 0 saturated heterocycles. The largest absolute Gasteiger partial charge is 0.271 e. The SMILES string of the molecule is CSC(=Nc1ccc(C)nc1C)NC#N. The quantitative estimate of drug-likeness (QED) is 0.341. The molecule has 0 atom stereocenters. The van der Waals surface area contributed by atoms with Gasteiger partial charge in [-0.05, 0) is 32.2 Å². The van der Waals surface area contributed by atoms with E-state index in [4.69, 9.17) is 5.26 Å². The molecule has 1 heterocycles. The average molecular weight is 220 g/mol. The van der Waals surface area contributed by atoms with Crippen LogP contribution in [0.1, 0.15) is 11.4 Å². The summed E-state index contributed by atoms with van der Waals surface area (Å²) in [6.45, 7) is 3.83. The van der Waals surface area contributed by atoms with E-state index in [1.54, 1.807) is 0 Å². The minimum Gasteiger partial charge on any atom is -0.271 e. The van der Waals surface area contributed by atoms with Gasteiger partial charge in [-0.25, -0.2) is 4.99 Å². The molecule has 0 unspecified atom stereocenters. The highest BCUT2D eigenvalue weighted by molar-refractivity contribution is 8.13. The first kappa shape index (κ1) is 11.5. The molecule has 5 heteroatoms. The molecular formula is C10H12N4S. The molecule has 0 bridgehead atoms. The van der Waals surface area contributed by atoms with E-state index in [2.05, 4.69) is 15.3 Å². The van der Waals surface area contributed by atoms with Gasteiger partial charge in [0.2, 0.25) is 0 Å². The molecule has 0 aromatic carbocycles. The molecule has 78 valence electrons. The van der Waals surface area contributed by atoms with Crippen LogP contribution < -0.4 is 5.32 Å². The Kier molecular flexibility index (Phi) is 4.13. The van der Waals surface area contributed by atoms with Crippen LogP contribution in [0.5, 0.6) is 0 Å². The number of thioether (sulfide) groups is 1. The maximum absolute atomic E-state index is 8.49. The van der Waals surface area contributed by atoms with Crippen molar-refractivity contribution in [2.75, 3.05) is 6.26 Å². The third kappa shape index (κ3) is 3.26. The number of pyridine rings is 1. The number of aromatic nitrogens is 1. The van der Waals surface area contributed by atoms with Crippen LogP contribution in [0, 0.1) is 25.3 Å². The van der Waals surface area contributed by atoms with E-state index in [0.717, 1.165) is 17.1 Å². The predicted molar refractivity (Wildman–Crippen MR) is 63.1 cm³/mol. The minimum atomic E-state index is 0.575. The molecule has 15 heavy (non-hydrogen) atoms. The smallest absolute Gasteiger partial charge is 0.183 e. The molecular weight excluding hydrogens is 208 g/mol. The third-order valence-electron chi connectivity index (χ3n) is 1.78. The van der Waals surface area contributed by atoms with E-state index in [-0.39, 0.29) is 0 Å². The molecule has 0 radical (unpaired) electrons. The molecule has 4 nitrogen and oxygen atoms in total. The van der Waals surface area contributed by atoms with Crippen molar-refractivity contribution in [3.05, 3.63) is 23.5 Å². The Morgan fingerprint density at radius 1 is 1.53 bits per heavy atom. The van der Waals surface area contributed by atoms with Gasteiger partial charge in [-0.2, -0.15) is 5.26 Å². The summed E-state index contributed by atoms with van der Waals surface area (Å²) in [6, 6.07) is 3.79. The number of nitriles is 1. The first-order valence-corrected chi connectivity index (χ1v) is 5.62. The number of hydrogen-bond acceptors (Lipinski definition) is 4. The van der Waals surface area contributed by atoms with Gasteiger partial charge in [-0.15, -0.1) is 0 Å². The summed E-state index contributed by atoms with van der Waals surface area (Å²) < 4.78 is 0. The fourth-order valence-electron chi connectivity index (χ4n) is 1.08. The lowest BCUT2D eigenvalue weighted by Crippen LogP contribution is -2.12. The van der Waals surface area contributed by atoms with E-state index >= 15 is 0 Å². The van der Waals surface area contributed by atoms with Gasteiger partial charge in [-0.3, -0.25) is 10.3 Å². The zero-order valence-electron chi connectivity index (χ0n) is 8.90. The van der Waals surface area contributed by atoms with Crippen molar-refractivity contribution in [1.29, 1.82) is 5.26 Å². The summed E-state index contributed by atoms with van der Waals surface area (Å²) in [5.74, 6) is 0. The van der Waals surface area contributed by atoms with Crippen molar-refractivity contribution in [1.82, 2.24) is 10.3 Å². The van der Waals surface area contributed by atoms with Crippen LogP contribution in [0.3, 0.4) is 0 Å². The van der Waals surface area contributed by atoms with Crippen LogP contribution >= 0.6 is 11.8 Å². The van der Waals surface area contributed by atoms with Gasteiger partial charge in [0.1, 0.15) is 0 Å². The second-order valence-corrected chi connectivity index (χ2v) is 3.71. The predicted octanol–water partition coefficient (Wildman–Crippen LogP) is 2.12. The molecule has 1 rings (SSSR count). The van der Waals surface area contributed by atoms with Crippen molar-refractivity contribution in [3.63, 3.8) is 0 Å². The van der Waals surface area contributed by atoms with Crippen molar-refractivity contribution in [3.8, 4) is 6.19 Å². The van der Waals surface area contributed by atoms with Gasteiger partial charge in [-0.1, -0.05) is 11.8 Å². The highest BCUT2D eigenvalue weighted by Gasteiger charge is 2.00. The second-order valence-electron chi connectivity index (χ2n) is 2.92. The fourth-order valence-corrected chi connectivity index (χ4v) is 1.42. The van der Waals surface area contributed by atoms with Crippen LogP contribution in [0.25, 0.3) is 0 Å². The fraction of sp³-hybridized carbons (Fsp3) is 0.300. The molecule has 0 spiro atoms. The minimum absolute atomic E-state index is 0.575. The number of nitrogens with one attached hydrogen (secondary N) is 1. The number of hydrogen-bond donors (Lipinski definition) is 1. The average Bonchev–Trinajstić information content (AvgIpc) is 2.21. The summed E-state index contributed by atoms with van der Waals surface area (Å²) in [4.78, 5) is 8.58. The van der Waals surface area contributed by atoms with Crippen LogP contribution in [0.4, 0.5) is 5.69 Å². The second kappa shape index (κ2) is 5.37. The summed E-state index contributed by atoms with van der Waals surface area (Å²) in [7, 11) is 0. The molecule has 0 aliphatic carbocycles. The molecule has 0 amide bonds. The van der Waals surface area contributed by atoms with Crippen molar-refractivity contribution >= 4 is 22.6 Å². The van der Waals surface area contributed by atoms with Gasteiger partial charge in [0.15, 0.2) is 11.4 Å². The summed E-state index contributed by atoms with van der Waals surface area (Å²) in [5.41, 5.74) is 2.61. The van der Waals surface area contributed by atoms with E-state index in [9.17, 15) is 0 Å². The Morgan fingerprint density at radius 3 is 2.80 bits per heavy atom. The standard InChI is InChI=1S/C10H12N4S/c1-7-4-5-9(8(2)13-7)14-10(15-3)12-6-11/h4-5H,1-3H3,(H,12,14). The van der Waals surface area contributed by atoms with Crippen molar-refractivity contribution < 1.29 is 0 Å². The van der Waals surface area contributed by atoms with E-state index < -0.39 is 0 Å². The Bertz CT molecular complexity index is 420. The van der Waals surface area contributed by atoms with Crippen molar-refractivity contribution in [2.45, 2.75) is 13.8 Å². The Hall–Kier alpha value is -1.54. The molecule has 0 aliphatic rings. The molecule has 1 aromatic heterocycles. The van der Waals surface area contributed by atoms with Crippen LogP contribution in [0.15, 0.2) is 17.1 Å². The number of aliphatic imine (C=N–C) groups is 1. The molecule has 1 aromatic rings. The summed E-state index contributed by atoms with van der Waals surface area (Å²) in [5, 5.41) is 11.6. The van der Waals surface area contributed by atoms with Gasteiger partial charge >= 0.3 is 0 Å². The number of aryl methyl sites for hydroxylation is 2. The zero-order valence-corrected chi connectivity index (χ0v) is 9.72. The molecule has 0 aliphatic heterocycles. The molecule has 0 fully saturated rings. The normalized spacial score (nSPS) is 10.9. The van der Waals surface area contributed by atoms with E-state index in [0.29, 0.717) is 5.17 Å². The topological polar surface area (TPSA) is 61.1 Å². The van der Waals surface area contributed by atoms with Gasteiger partial charge in [0.05, 0.1) is 11.4 Å². The van der Waals surface area contributed by atoms with Gasteiger partial charge in [0.25, 0.3) is 0 Å². The van der Waals surface area contributed by atoms with Gasteiger partial charge in [0, 0.05) is 5.69 Å². The Labute approximate surface area is 93.4 Å². The van der Waals surface area contributed by atoms with Crippen molar-refractivity contribution in [2.24, 2.45) is 4.99 Å². The summed E-state index contributed by atoms with van der Waals surface area (Å²) >= 11 is 1.39. The highest BCUT2D eigenvalue weighted by Crippen LogP contribution is 2.17.